The molecule has 1 unspecified atom stereocenters. The number of piperazine rings is 1. The lowest BCUT2D eigenvalue weighted by Crippen LogP contribution is -2.57. The number of hydrogen-bond donors (Lipinski definition) is 2. The maximum Gasteiger partial charge on any atom is 0.239 e. The average molecular weight is 445 g/mol. The lowest BCUT2D eigenvalue weighted by Gasteiger charge is -2.39. The molecule has 2 N–H and O–H groups in total. The summed E-state index contributed by atoms with van der Waals surface area (Å²) in [5.41, 5.74) is 0.717. The highest BCUT2D eigenvalue weighted by Crippen LogP contribution is 2.17. The number of anilines is 1. The zero-order chi connectivity index (χ0) is 22.9. The predicted molar refractivity (Wildman–Crippen MR) is 126 cm³/mol. The molecule has 2 fully saturated rings. The second-order valence-electron chi connectivity index (χ2n) is 8.26. The van der Waals surface area contributed by atoms with Gasteiger partial charge in [0.2, 0.25) is 11.8 Å². The summed E-state index contributed by atoms with van der Waals surface area (Å²) in [5.74, 6) is 1.71. The van der Waals surface area contributed by atoms with Crippen molar-refractivity contribution in [3.05, 3.63) is 24.3 Å². The van der Waals surface area contributed by atoms with Crippen LogP contribution >= 0.6 is 0 Å². The summed E-state index contributed by atoms with van der Waals surface area (Å²) in [6, 6.07) is 7.28. The molecule has 0 saturated carbocycles. The Morgan fingerprint density at radius 1 is 1.09 bits per heavy atom. The normalized spacial score (nSPS) is 18.4. The van der Waals surface area contributed by atoms with Crippen LogP contribution in [0.2, 0.25) is 0 Å². The van der Waals surface area contributed by atoms with Crippen LogP contribution < -0.4 is 15.4 Å². The number of guanidine groups is 1. The third-order valence-electron chi connectivity index (χ3n) is 5.96. The van der Waals surface area contributed by atoms with Crippen LogP contribution in [0.5, 0.6) is 5.75 Å². The molecule has 2 amide bonds. The quantitative estimate of drug-likeness (QED) is 0.374. The van der Waals surface area contributed by atoms with Gasteiger partial charge in [-0.15, -0.1) is 0 Å². The van der Waals surface area contributed by atoms with E-state index in [1.807, 2.05) is 30.0 Å². The summed E-state index contributed by atoms with van der Waals surface area (Å²) in [6.45, 7) is 9.75. The van der Waals surface area contributed by atoms with E-state index in [0.29, 0.717) is 24.6 Å². The predicted octanol–water partition coefficient (Wildman–Crippen LogP) is 1.23. The van der Waals surface area contributed by atoms with Crippen LogP contribution in [0.15, 0.2) is 29.3 Å². The van der Waals surface area contributed by atoms with Crippen LogP contribution in [0.25, 0.3) is 0 Å². The molecule has 2 aliphatic rings. The van der Waals surface area contributed by atoms with E-state index in [2.05, 4.69) is 25.4 Å². The Hall–Kier alpha value is -2.81. The number of nitrogens with zero attached hydrogens (tertiary/aromatic N) is 4. The molecular weight excluding hydrogens is 408 g/mol. The lowest BCUT2D eigenvalue weighted by molar-refractivity contribution is -0.135. The minimum Gasteiger partial charge on any atom is -0.492 e. The van der Waals surface area contributed by atoms with Gasteiger partial charge in [0.25, 0.3) is 0 Å². The van der Waals surface area contributed by atoms with Crippen LogP contribution in [0.3, 0.4) is 0 Å². The van der Waals surface area contributed by atoms with Gasteiger partial charge in [-0.3, -0.25) is 19.5 Å². The highest BCUT2D eigenvalue weighted by Gasteiger charge is 2.30. The fourth-order valence-electron chi connectivity index (χ4n) is 4.21. The summed E-state index contributed by atoms with van der Waals surface area (Å²) < 4.78 is 5.80. The monoisotopic (exact) mass is 444 g/mol. The van der Waals surface area contributed by atoms with Gasteiger partial charge in [0.15, 0.2) is 5.96 Å². The maximum atomic E-state index is 12.7. The van der Waals surface area contributed by atoms with Crippen molar-refractivity contribution >= 4 is 23.5 Å². The fraction of sp³-hybridized carbons (Fsp3) is 0.609. The Balaban J connectivity index is 1.39. The van der Waals surface area contributed by atoms with E-state index >= 15 is 0 Å². The van der Waals surface area contributed by atoms with Gasteiger partial charge in [-0.25, -0.2) is 0 Å². The Morgan fingerprint density at radius 2 is 1.81 bits per heavy atom. The first-order valence-corrected chi connectivity index (χ1v) is 11.5. The van der Waals surface area contributed by atoms with E-state index in [-0.39, 0.29) is 17.9 Å². The van der Waals surface area contributed by atoms with E-state index in [9.17, 15) is 9.59 Å². The van der Waals surface area contributed by atoms with Gasteiger partial charge in [-0.2, -0.15) is 0 Å². The Kier molecular flexibility index (Phi) is 8.72. The Morgan fingerprint density at radius 3 is 2.47 bits per heavy atom. The minimum absolute atomic E-state index is 0.0631. The molecule has 0 aromatic heterocycles. The molecule has 32 heavy (non-hydrogen) atoms. The first kappa shape index (κ1) is 23.8. The first-order chi connectivity index (χ1) is 15.5. The number of benzene rings is 1. The van der Waals surface area contributed by atoms with Crippen molar-refractivity contribution in [2.24, 2.45) is 4.99 Å². The number of likely N-dealkylation sites (tertiary alicyclic amines) is 1. The highest BCUT2D eigenvalue weighted by molar-refractivity contribution is 5.88. The van der Waals surface area contributed by atoms with Crippen molar-refractivity contribution in [1.82, 2.24) is 20.0 Å². The van der Waals surface area contributed by atoms with E-state index in [1.54, 1.807) is 13.1 Å². The molecule has 1 aromatic rings. The summed E-state index contributed by atoms with van der Waals surface area (Å²) in [7, 11) is 1.78. The number of hydrogen-bond acceptors (Lipinski definition) is 5. The van der Waals surface area contributed by atoms with Gasteiger partial charge in [-0.05, 0) is 31.9 Å². The van der Waals surface area contributed by atoms with Gasteiger partial charge < -0.3 is 25.2 Å². The number of aliphatic imine (C=N–C) groups is 1. The zero-order valence-electron chi connectivity index (χ0n) is 19.5. The molecule has 0 bridgehead atoms. The minimum atomic E-state index is -0.109. The van der Waals surface area contributed by atoms with Gasteiger partial charge >= 0.3 is 0 Å². The fourth-order valence-corrected chi connectivity index (χ4v) is 4.21. The van der Waals surface area contributed by atoms with Crippen LogP contribution in [0.1, 0.15) is 26.7 Å². The molecule has 3 rings (SSSR count). The summed E-state index contributed by atoms with van der Waals surface area (Å²) in [4.78, 5) is 34.8. The third kappa shape index (κ3) is 6.59. The van der Waals surface area contributed by atoms with Gasteiger partial charge in [-0.1, -0.05) is 6.07 Å². The molecule has 0 radical (unpaired) electrons. The molecule has 2 saturated heterocycles. The number of amides is 2. The van der Waals surface area contributed by atoms with Gasteiger partial charge in [0.05, 0.1) is 12.6 Å². The molecule has 0 aliphatic carbocycles. The van der Waals surface area contributed by atoms with E-state index in [0.717, 1.165) is 58.1 Å². The second kappa shape index (κ2) is 11.7. The number of carbonyl (C=O) groups excluding carboxylic acids is 2. The Bertz CT molecular complexity index is 801. The Labute approximate surface area is 190 Å². The van der Waals surface area contributed by atoms with Crippen molar-refractivity contribution in [3.8, 4) is 5.75 Å². The molecule has 2 heterocycles. The average Bonchev–Trinajstić information content (AvgIpc) is 3.33. The largest absolute Gasteiger partial charge is 0.492 e. The molecule has 1 atom stereocenters. The molecule has 176 valence electrons. The lowest BCUT2D eigenvalue weighted by atomic mass is 10.2. The van der Waals surface area contributed by atoms with Crippen molar-refractivity contribution in [2.45, 2.75) is 32.7 Å². The van der Waals surface area contributed by atoms with Gasteiger partial charge in [0, 0.05) is 65.0 Å². The molecule has 9 nitrogen and oxygen atoms in total. The van der Waals surface area contributed by atoms with Crippen LogP contribution in [0, 0.1) is 0 Å². The summed E-state index contributed by atoms with van der Waals surface area (Å²) in [6.07, 6.45) is 2.25. The van der Waals surface area contributed by atoms with E-state index in [1.165, 1.54) is 6.92 Å². The maximum absolute atomic E-state index is 12.7. The van der Waals surface area contributed by atoms with Crippen molar-refractivity contribution in [1.29, 1.82) is 0 Å². The molecular formula is C23H36N6O3. The van der Waals surface area contributed by atoms with Crippen LogP contribution in [-0.4, -0.2) is 98.0 Å². The SMILES string of the molecule is CN=C(NCCOc1cccc(NC(C)=O)c1)N1CCN(C(C)C(=O)N2CCCC2)CC1. The van der Waals surface area contributed by atoms with Crippen molar-refractivity contribution in [2.75, 3.05) is 64.8 Å². The standard InChI is InChI=1S/C23H36N6O3/c1-18(22(31)28-10-4-5-11-28)27-12-14-29(15-13-27)23(24-3)25-9-16-32-21-8-6-7-20(17-21)26-19(2)30/h6-8,17-18H,4-5,9-16H2,1-3H3,(H,24,25)(H,26,30). The van der Waals surface area contributed by atoms with Gasteiger partial charge in [0.1, 0.15) is 12.4 Å². The van der Waals surface area contributed by atoms with Crippen molar-refractivity contribution in [3.63, 3.8) is 0 Å². The molecule has 0 spiro atoms. The summed E-state index contributed by atoms with van der Waals surface area (Å²) >= 11 is 0. The van der Waals surface area contributed by atoms with Crippen LogP contribution in [0.4, 0.5) is 5.69 Å². The van der Waals surface area contributed by atoms with Crippen molar-refractivity contribution < 1.29 is 14.3 Å². The molecule has 1 aromatic carbocycles. The second-order valence-corrected chi connectivity index (χ2v) is 8.26. The number of nitrogens with one attached hydrogen (secondary N) is 2. The number of ether oxygens (including phenoxy) is 1. The third-order valence-corrected chi connectivity index (χ3v) is 5.96. The summed E-state index contributed by atoms with van der Waals surface area (Å²) in [5, 5.41) is 6.11. The van der Waals surface area contributed by atoms with E-state index in [4.69, 9.17) is 4.74 Å². The zero-order valence-corrected chi connectivity index (χ0v) is 19.5. The highest BCUT2D eigenvalue weighted by atomic mass is 16.5. The smallest absolute Gasteiger partial charge is 0.239 e. The van der Waals surface area contributed by atoms with E-state index < -0.39 is 0 Å². The number of carbonyl (C=O) groups is 2. The molecule has 2 aliphatic heterocycles. The topological polar surface area (TPSA) is 89.5 Å². The van der Waals surface area contributed by atoms with Crippen LogP contribution in [-0.2, 0) is 9.59 Å². The molecule has 9 heteroatoms. The first-order valence-electron chi connectivity index (χ1n) is 11.5. The number of rotatable bonds is 7.